The summed E-state index contributed by atoms with van der Waals surface area (Å²) in [5.74, 6) is 2.05. The molecule has 0 aliphatic rings. The Balaban J connectivity index is 0.00000408. The molecule has 0 unspecified atom stereocenters. The molecule has 180 valence electrons. The van der Waals surface area contributed by atoms with Crippen molar-refractivity contribution >= 4 is 35.8 Å². The third kappa shape index (κ3) is 8.58. The molecule has 0 bridgehead atoms. The van der Waals surface area contributed by atoms with E-state index in [0.29, 0.717) is 43.5 Å². The van der Waals surface area contributed by atoms with Crippen molar-refractivity contribution in [1.82, 2.24) is 16.0 Å². The zero-order valence-corrected chi connectivity index (χ0v) is 21.6. The number of aliphatic imine (C=N–C) groups is 1. The Labute approximate surface area is 217 Å². The number of benzene rings is 2. The Bertz CT molecular complexity index is 1070. The average Bonchev–Trinajstić information content (AvgIpc) is 3.37. The molecule has 1 heterocycles. The zero-order chi connectivity index (χ0) is 23.3. The molecule has 0 saturated heterocycles. The summed E-state index contributed by atoms with van der Waals surface area (Å²) in [6.07, 6.45) is 3.31. The maximum absolute atomic E-state index is 12.5. The summed E-state index contributed by atoms with van der Waals surface area (Å²) in [5, 5.41) is 9.45. The first-order chi connectivity index (χ1) is 16.2. The topological polar surface area (TPSA) is 87.9 Å². The summed E-state index contributed by atoms with van der Waals surface area (Å²) in [6.45, 7) is 8.25. The van der Waals surface area contributed by atoms with Crippen LogP contribution in [-0.4, -0.2) is 25.0 Å². The first-order valence-corrected chi connectivity index (χ1v) is 10.9. The zero-order valence-electron chi connectivity index (χ0n) is 19.3. The van der Waals surface area contributed by atoms with Crippen LogP contribution in [0.5, 0.6) is 5.75 Å². The standard InChI is InChI=1S/C26H30N4O3.HI/c1-3-14-33-24-13-6-5-10-22(24)18-30-26(27-4-2)29-17-20-9-7-11-21(16-20)25(31)28-19-23-12-8-15-32-23;/h3,5-13,15-16H,1,4,14,17-19H2,2H3,(H,28,31)(H2,27,29,30);1H. The molecule has 34 heavy (non-hydrogen) atoms. The fourth-order valence-electron chi connectivity index (χ4n) is 3.12. The van der Waals surface area contributed by atoms with Gasteiger partial charge in [-0.2, -0.15) is 0 Å². The van der Waals surface area contributed by atoms with Gasteiger partial charge in [0.25, 0.3) is 5.91 Å². The molecule has 1 aromatic heterocycles. The van der Waals surface area contributed by atoms with E-state index in [0.717, 1.165) is 23.4 Å². The molecule has 0 aliphatic heterocycles. The second-order valence-electron chi connectivity index (χ2n) is 7.22. The van der Waals surface area contributed by atoms with E-state index in [2.05, 4.69) is 27.5 Å². The third-order valence-corrected chi connectivity index (χ3v) is 4.73. The summed E-state index contributed by atoms with van der Waals surface area (Å²) in [5.41, 5.74) is 2.55. The number of ether oxygens (including phenoxy) is 1. The van der Waals surface area contributed by atoms with Crippen molar-refractivity contribution in [2.75, 3.05) is 13.2 Å². The van der Waals surface area contributed by atoms with Crippen LogP contribution in [0.1, 0.15) is 34.2 Å². The normalized spacial score (nSPS) is 10.7. The number of amides is 1. The highest BCUT2D eigenvalue weighted by molar-refractivity contribution is 14.0. The highest BCUT2D eigenvalue weighted by Gasteiger charge is 2.08. The van der Waals surface area contributed by atoms with Crippen LogP contribution in [0.3, 0.4) is 0 Å². The minimum Gasteiger partial charge on any atom is -0.489 e. The lowest BCUT2D eigenvalue weighted by molar-refractivity contribution is 0.0948. The van der Waals surface area contributed by atoms with Crippen LogP contribution in [0.2, 0.25) is 0 Å². The van der Waals surface area contributed by atoms with E-state index in [1.54, 1.807) is 24.5 Å². The number of nitrogens with zero attached hydrogens (tertiary/aromatic N) is 1. The Morgan fingerprint density at radius 1 is 1.06 bits per heavy atom. The second-order valence-corrected chi connectivity index (χ2v) is 7.22. The maximum Gasteiger partial charge on any atom is 0.251 e. The predicted octanol–water partition coefficient (Wildman–Crippen LogP) is 4.65. The van der Waals surface area contributed by atoms with Crippen molar-refractivity contribution in [2.24, 2.45) is 4.99 Å². The van der Waals surface area contributed by atoms with Crippen molar-refractivity contribution in [3.8, 4) is 5.75 Å². The molecule has 1 amide bonds. The van der Waals surface area contributed by atoms with Gasteiger partial charge in [0.05, 0.1) is 19.4 Å². The van der Waals surface area contributed by atoms with Gasteiger partial charge in [0.1, 0.15) is 18.1 Å². The van der Waals surface area contributed by atoms with Crippen molar-refractivity contribution in [2.45, 2.75) is 26.6 Å². The van der Waals surface area contributed by atoms with E-state index in [9.17, 15) is 4.79 Å². The molecule has 3 N–H and O–H groups in total. The summed E-state index contributed by atoms with van der Waals surface area (Å²) < 4.78 is 11.0. The molecule has 0 aliphatic carbocycles. The molecule has 3 rings (SSSR count). The number of carbonyl (C=O) groups excluding carboxylic acids is 1. The van der Waals surface area contributed by atoms with Crippen LogP contribution >= 0.6 is 24.0 Å². The monoisotopic (exact) mass is 574 g/mol. The average molecular weight is 574 g/mol. The van der Waals surface area contributed by atoms with Crippen LogP contribution in [-0.2, 0) is 19.6 Å². The van der Waals surface area contributed by atoms with Gasteiger partial charge in [-0.05, 0) is 42.8 Å². The molecule has 0 atom stereocenters. The molecule has 0 radical (unpaired) electrons. The second kappa shape index (κ2) is 14.8. The quantitative estimate of drug-likeness (QED) is 0.134. The van der Waals surface area contributed by atoms with Crippen molar-refractivity contribution in [1.29, 1.82) is 0 Å². The van der Waals surface area contributed by atoms with E-state index in [1.165, 1.54) is 0 Å². The number of furan rings is 1. The minimum atomic E-state index is -0.154. The lowest BCUT2D eigenvalue weighted by atomic mass is 10.1. The van der Waals surface area contributed by atoms with Crippen molar-refractivity contribution in [3.05, 3.63) is 102 Å². The fourth-order valence-corrected chi connectivity index (χ4v) is 3.12. The first-order valence-electron chi connectivity index (χ1n) is 10.9. The largest absolute Gasteiger partial charge is 0.489 e. The van der Waals surface area contributed by atoms with Gasteiger partial charge in [0.15, 0.2) is 5.96 Å². The Morgan fingerprint density at radius 3 is 2.68 bits per heavy atom. The van der Waals surface area contributed by atoms with Gasteiger partial charge >= 0.3 is 0 Å². The number of hydrogen-bond acceptors (Lipinski definition) is 4. The smallest absolute Gasteiger partial charge is 0.251 e. The van der Waals surface area contributed by atoms with Gasteiger partial charge in [0, 0.05) is 24.2 Å². The van der Waals surface area contributed by atoms with Crippen LogP contribution in [0.25, 0.3) is 0 Å². The molecular formula is C26H31IN4O3. The van der Waals surface area contributed by atoms with E-state index in [-0.39, 0.29) is 29.9 Å². The number of guanidine groups is 1. The van der Waals surface area contributed by atoms with Crippen LogP contribution in [0.4, 0.5) is 0 Å². The molecule has 0 spiro atoms. The number of rotatable bonds is 11. The molecule has 0 saturated carbocycles. The fraction of sp³-hybridized carbons (Fsp3) is 0.231. The van der Waals surface area contributed by atoms with E-state index >= 15 is 0 Å². The highest BCUT2D eigenvalue weighted by atomic mass is 127. The van der Waals surface area contributed by atoms with Crippen molar-refractivity contribution < 1.29 is 13.9 Å². The number of halogens is 1. The number of nitrogens with one attached hydrogen (secondary N) is 3. The number of hydrogen-bond donors (Lipinski definition) is 3. The van der Waals surface area contributed by atoms with Crippen LogP contribution in [0.15, 0.2) is 89.0 Å². The van der Waals surface area contributed by atoms with E-state index < -0.39 is 0 Å². The molecule has 3 aromatic rings. The summed E-state index contributed by atoms with van der Waals surface area (Å²) in [7, 11) is 0. The summed E-state index contributed by atoms with van der Waals surface area (Å²) in [4.78, 5) is 17.1. The highest BCUT2D eigenvalue weighted by Crippen LogP contribution is 2.17. The van der Waals surface area contributed by atoms with Gasteiger partial charge < -0.3 is 25.1 Å². The van der Waals surface area contributed by atoms with Gasteiger partial charge in [-0.15, -0.1) is 24.0 Å². The van der Waals surface area contributed by atoms with Gasteiger partial charge in [-0.1, -0.05) is 43.0 Å². The molecular weight excluding hydrogens is 543 g/mol. The molecule has 8 heteroatoms. The van der Waals surface area contributed by atoms with Crippen LogP contribution in [0, 0.1) is 0 Å². The van der Waals surface area contributed by atoms with E-state index in [1.807, 2.05) is 55.5 Å². The Kier molecular flexibility index (Phi) is 11.7. The maximum atomic E-state index is 12.5. The molecule has 0 fully saturated rings. The van der Waals surface area contributed by atoms with E-state index in [4.69, 9.17) is 9.15 Å². The number of carbonyl (C=O) groups is 1. The third-order valence-electron chi connectivity index (χ3n) is 4.73. The summed E-state index contributed by atoms with van der Waals surface area (Å²) >= 11 is 0. The van der Waals surface area contributed by atoms with Crippen LogP contribution < -0.4 is 20.7 Å². The molecule has 7 nitrogen and oxygen atoms in total. The van der Waals surface area contributed by atoms with Crippen molar-refractivity contribution in [3.63, 3.8) is 0 Å². The predicted molar refractivity (Wildman–Crippen MR) is 146 cm³/mol. The number of para-hydroxylation sites is 1. The van der Waals surface area contributed by atoms with Gasteiger partial charge in [0.2, 0.25) is 0 Å². The molecule has 2 aromatic carbocycles. The first kappa shape index (κ1) is 27.0. The van der Waals surface area contributed by atoms with Gasteiger partial charge in [-0.25, -0.2) is 4.99 Å². The minimum absolute atomic E-state index is 0. The Morgan fingerprint density at radius 2 is 1.91 bits per heavy atom. The SMILES string of the molecule is C=CCOc1ccccc1CNC(=NCc1cccc(C(=O)NCc2ccco2)c1)NCC.I. The van der Waals surface area contributed by atoms with Gasteiger partial charge in [-0.3, -0.25) is 4.79 Å². The lowest BCUT2D eigenvalue weighted by Crippen LogP contribution is -2.36. The lowest BCUT2D eigenvalue weighted by Gasteiger charge is -2.14. The summed E-state index contributed by atoms with van der Waals surface area (Å²) in [6, 6.07) is 18.9. The Hall–Kier alpha value is -3.27.